The quantitative estimate of drug-likeness (QED) is 0.825. The third-order valence-electron chi connectivity index (χ3n) is 4.93. The molecule has 0 spiro atoms. The predicted molar refractivity (Wildman–Crippen MR) is 84.9 cm³/mol. The third-order valence-corrected chi connectivity index (χ3v) is 4.93. The molecule has 1 fully saturated rings. The Morgan fingerprint density at radius 1 is 1.15 bits per heavy atom. The van der Waals surface area contributed by atoms with Crippen molar-refractivity contribution in [3.8, 4) is 0 Å². The summed E-state index contributed by atoms with van der Waals surface area (Å²) in [6.45, 7) is 7.17. The SMILES string of the molecule is CCOC1(C(N)c2cccc(C)c2C)CCCCCC1. The van der Waals surface area contributed by atoms with Gasteiger partial charge in [0.2, 0.25) is 0 Å². The molecule has 1 atom stereocenters. The van der Waals surface area contributed by atoms with Crippen molar-refractivity contribution in [2.24, 2.45) is 5.73 Å². The smallest absolute Gasteiger partial charge is 0.0874 e. The molecule has 1 aliphatic rings. The van der Waals surface area contributed by atoms with E-state index >= 15 is 0 Å². The summed E-state index contributed by atoms with van der Waals surface area (Å²) in [5.41, 5.74) is 10.4. The summed E-state index contributed by atoms with van der Waals surface area (Å²) in [4.78, 5) is 0. The van der Waals surface area contributed by atoms with Gasteiger partial charge in [0.05, 0.1) is 11.6 Å². The Morgan fingerprint density at radius 2 is 1.80 bits per heavy atom. The van der Waals surface area contributed by atoms with Gasteiger partial charge in [-0.3, -0.25) is 0 Å². The van der Waals surface area contributed by atoms with Crippen LogP contribution >= 0.6 is 0 Å². The van der Waals surface area contributed by atoms with E-state index in [9.17, 15) is 0 Å². The maximum absolute atomic E-state index is 6.70. The number of nitrogens with two attached hydrogens (primary N) is 1. The van der Waals surface area contributed by atoms with Gasteiger partial charge in [-0.25, -0.2) is 0 Å². The number of benzene rings is 1. The zero-order valence-electron chi connectivity index (χ0n) is 13.2. The van der Waals surface area contributed by atoms with Crippen LogP contribution in [0.4, 0.5) is 0 Å². The lowest BCUT2D eigenvalue weighted by Crippen LogP contribution is -2.44. The van der Waals surface area contributed by atoms with Gasteiger partial charge in [-0.1, -0.05) is 43.9 Å². The second kappa shape index (κ2) is 6.73. The second-order valence-corrected chi connectivity index (χ2v) is 6.18. The van der Waals surface area contributed by atoms with Crippen molar-refractivity contribution >= 4 is 0 Å². The van der Waals surface area contributed by atoms with Crippen molar-refractivity contribution in [3.63, 3.8) is 0 Å². The van der Waals surface area contributed by atoms with Gasteiger partial charge in [0, 0.05) is 6.61 Å². The molecule has 1 aromatic rings. The van der Waals surface area contributed by atoms with E-state index in [1.807, 2.05) is 0 Å². The molecule has 1 aliphatic carbocycles. The number of ether oxygens (including phenoxy) is 1. The predicted octanol–water partition coefficient (Wildman–Crippen LogP) is 4.43. The molecule has 112 valence electrons. The highest BCUT2D eigenvalue weighted by molar-refractivity contribution is 5.36. The van der Waals surface area contributed by atoms with E-state index in [1.165, 1.54) is 42.4 Å². The van der Waals surface area contributed by atoms with Gasteiger partial charge in [-0.15, -0.1) is 0 Å². The minimum atomic E-state index is -0.163. The van der Waals surface area contributed by atoms with Crippen molar-refractivity contribution in [2.75, 3.05) is 6.61 Å². The second-order valence-electron chi connectivity index (χ2n) is 6.18. The van der Waals surface area contributed by atoms with E-state index in [1.54, 1.807) is 0 Å². The summed E-state index contributed by atoms with van der Waals surface area (Å²) in [6.07, 6.45) is 7.28. The van der Waals surface area contributed by atoms with Crippen molar-refractivity contribution in [1.82, 2.24) is 0 Å². The first-order valence-electron chi connectivity index (χ1n) is 8.06. The first kappa shape index (κ1) is 15.5. The number of hydrogen-bond acceptors (Lipinski definition) is 2. The van der Waals surface area contributed by atoms with E-state index in [4.69, 9.17) is 10.5 Å². The molecule has 0 amide bonds. The Morgan fingerprint density at radius 3 is 2.40 bits per heavy atom. The summed E-state index contributed by atoms with van der Waals surface area (Å²) in [6, 6.07) is 6.44. The molecule has 1 aromatic carbocycles. The number of aryl methyl sites for hydroxylation is 1. The summed E-state index contributed by atoms with van der Waals surface area (Å²) in [5.74, 6) is 0. The van der Waals surface area contributed by atoms with Crippen molar-refractivity contribution in [1.29, 1.82) is 0 Å². The fourth-order valence-corrected chi connectivity index (χ4v) is 3.55. The molecule has 1 saturated carbocycles. The van der Waals surface area contributed by atoms with Crippen LogP contribution < -0.4 is 5.73 Å². The molecule has 0 saturated heterocycles. The molecule has 2 heteroatoms. The maximum atomic E-state index is 6.70. The van der Waals surface area contributed by atoms with E-state index in [-0.39, 0.29) is 11.6 Å². The molecular weight excluding hydrogens is 246 g/mol. The fourth-order valence-electron chi connectivity index (χ4n) is 3.55. The largest absolute Gasteiger partial charge is 0.373 e. The monoisotopic (exact) mass is 275 g/mol. The van der Waals surface area contributed by atoms with Crippen LogP contribution in [0.25, 0.3) is 0 Å². The van der Waals surface area contributed by atoms with E-state index in [0.717, 1.165) is 19.4 Å². The van der Waals surface area contributed by atoms with Gasteiger partial charge in [0.15, 0.2) is 0 Å². The standard InChI is InChI=1S/C18H29NO/c1-4-20-18(12-7-5-6-8-13-18)17(19)16-11-9-10-14(2)15(16)3/h9-11,17H,4-8,12-13,19H2,1-3H3. The Labute approximate surface area is 123 Å². The molecule has 0 heterocycles. The van der Waals surface area contributed by atoms with Crippen molar-refractivity contribution in [2.45, 2.75) is 70.9 Å². The van der Waals surface area contributed by atoms with Gasteiger partial charge in [0.25, 0.3) is 0 Å². The number of hydrogen-bond donors (Lipinski definition) is 1. The minimum absolute atomic E-state index is 0.0135. The van der Waals surface area contributed by atoms with Gasteiger partial charge < -0.3 is 10.5 Å². The zero-order valence-corrected chi connectivity index (χ0v) is 13.2. The molecule has 2 rings (SSSR count). The van der Waals surface area contributed by atoms with Crippen molar-refractivity contribution < 1.29 is 4.74 Å². The molecule has 0 radical (unpaired) electrons. The highest BCUT2D eigenvalue weighted by atomic mass is 16.5. The normalized spacial score (nSPS) is 20.4. The summed E-state index contributed by atoms with van der Waals surface area (Å²) < 4.78 is 6.24. The topological polar surface area (TPSA) is 35.2 Å². The molecule has 20 heavy (non-hydrogen) atoms. The average Bonchev–Trinajstić information content (AvgIpc) is 2.68. The van der Waals surface area contributed by atoms with E-state index < -0.39 is 0 Å². The van der Waals surface area contributed by atoms with Crippen LogP contribution in [-0.4, -0.2) is 12.2 Å². The Hall–Kier alpha value is -0.860. The molecule has 2 N–H and O–H groups in total. The lowest BCUT2D eigenvalue weighted by atomic mass is 9.80. The summed E-state index contributed by atoms with van der Waals surface area (Å²) >= 11 is 0. The molecule has 0 bridgehead atoms. The van der Waals surface area contributed by atoms with Crippen LogP contribution in [0.5, 0.6) is 0 Å². The van der Waals surface area contributed by atoms with Crippen LogP contribution in [0, 0.1) is 13.8 Å². The van der Waals surface area contributed by atoms with Crippen LogP contribution in [0.15, 0.2) is 18.2 Å². The van der Waals surface area contributed by atoms with Gasteiger partial charge in [-0.2, -0.15) is 0 Å². The van der Waals surface area contributed by atoms with Crippen LogP contribution in [0.1, 0.15) is 68.2 Å². The van der Waals surface area contributed by atoms with Crippen LogP contribution in [0.2, 0.25) is 0 Å². The summed E-state index contributed by atoms with van der Waals surface area (Å²) in [7, 11) is 0. The van der Waals surface area contributed by atoms with Gasteiger partial charge in [-0.05, 0) is 50.3 Å². The first-order valence-corrected chi connectivity index (χ1v) is 8.06. The molecule has 0 aliphatic heterocycles. The Kier molecular flexibility index (Phi) is 5.22. The lowest BCUT2D eigenvalue weighted by Gasteiger charge is -2.39. The molecular formula is C18H29NO. The van der Waals surface area contributed by atoms with Gasteiger partial charge >= 0.3 is 0 Å². The lowest BCUT2D eigenvalue weighted by molar-refractivity contribution is -0.0697. The van der Waals surface area contributed by atoms with E-state index in [2.05, 4.69) is 39.0 Å². The maximum Gasteiger partial charge on any atom is 0.0874 e. The van der Waals surface area contributed by atoms with Crippen LogP contribution in [0.3, 0.4) is 0 Å². The molecule has 0 aromatic heterocycles. The van der Waals surface area contributed by atoms with Crippen LogP contribution in [-0.2, 0) is 4.74 Å². The highest BCUT2D eigenvalue weighted by Crippen LogP contribution is 2.40. The Bertz CT molecular complexity index is 433. The Balaban J connectivity index is 2.34. The van der Waals surface area contributed by atoms with E-state index in [0.29, 0.717) is 0 Å². The number of rotatable bonds is 4. The minimum Gasteiger partial charge on any atom is -0.373 e. The molecule has 1 unspecified atom stereocenters. The average molecular weight is 275 g/mol. The summed E-state index contributed by atoms with van der Waals surface area (Å²) in [5, 5.41) is 0. The molecule has 2 nitrogen and oxygen atoms in total. The highest BCUT2D eigenvalue weighted by Gasteiger charge is 2.39. The van der Waals surface area contributed by atoms with Gasteiger partial charge in [0.1, 0.15) is 0 Å². The zero-order chi connectivity index (χ0) is 14.6. The first-order chi connectivity index (χ1) is 9.60. The van der Waals surface area contributed by atoms with Crippen molar-refractivity contribution in [3.05, 3.63) is 34.9 Å². The fraction of sp³-hybridized carbons (Fsp3) is 0.667. The third kappa shape index (κ3) is 3.07.